The number of ether oxygens (including phenoxy) is 2. The van der Waals surface area contributed by atoms with Crippen molar-refractivity contribution >= 4 is 0 Å². The highest BCUT2D eigenvalue weighted by molar-refractivity contribution is 5.15. The first-order valence-electron chi connectivity index (χ1n) is 5.67. The molecule has 0 aromatic carbocycles. The van der Waals surface area contributed by atoms with E-state index in [0.29, 0.717) is 13.2 Å². The van der Waals surface area contributed by atoms with Crippen molar-refractivity contribution in [1.29, 1.82) is 0 Å². The summed E-state index contributed by atoms with van der Waals surface area (Å²) in [6, 6.07) is 1.96. The molecule has 0 aliphatic heterocycles. The normalized spacial score (nSPS) is 12.9. The standard InChI is InChI=1S/C12H21NO3/c1-4-14-8-10(2)16-9-12-11(7-13-3)5-6-15-12/h5-6,10,13H,4,7-9H2,1-3H3. The van der Waals surface area contributed by atoms with Gasteiger partial charge in [-0.05, 0) is 27.0 Å². The van der Waals surface area contributed by atoms with E-state index in [-0.39, 0.29) is 6.10 Å². The quantitative estimate of drug-likeness (QED) is 0.737. The molecule has 0 aliphatic rings. The molecule has 92 valence electrons. The average Bonchev–Trinajstić information content (AvgIpc) is 2.72. The van der Waals surface area contributed by atoms with Gasteiger partial charge in [-0.15, -0.1) is 0 Å². The van der Waals surface area contributed by atoms with Gasteiger partial charge in [0, 0.05) is 18.7 Å². The van der Waals surface area contributed by atoms with Crippen LogP contribution in [0, 0.1) is 0 Å². The Morgan fingerprint density at radius 3 is 3.00 bits per heavy atom. The number of nitrogens with one attached hydrogen (secondary N) is 1. The molecule has 1 N–H and O–H groups in total. The number of hydrogen-bond acceptors (Lipinski definition) is 4. The van der Waals surface area contributed by atoms with Gasteiger partial charge in [0.2, 0.25) is 0 Å². The van der Waals surface area contributed by atoms with E-state index in [1.54, 1.807) is 6.26 Å². The fourth-order valence-corrected chi connectivity index (χ4v) is 1.39. The summed E-state index contributed by atoms with van der Waals surface area (Å²) in [6.45, 7) is 6.62. The Bertz CT molecular complexity index is 286. The predicted octanol–water partition coefficient (Wildman–Crippen LogP) is 1.94. The summed E-state index contributed by atoms with van der Waals surface area (Å²) < 4.78 is 16.3. The van der Waals surface area contributed by atoms with Gasteiger partial charge in [0.1, 0.15) is 12.4 Å². The van der Waals surface area contributed by atoms with Crippen molar-refractivity contribution < 1.29 is 13.9 Å². The maximum absolute atomic E-state index is 5.63. The van der Waals surface area contributed by atoms with Crippen molar-refractivity contribution in [3.8, 4) is 0 Å². The molecule has 4 heteroatoms. The molecule has 0 fully saturated rings. The van der Waals surface area contributed by atoms with Crippen LogP contribution in [-0.2, 0) is 22.6 Å². The van der Waals surface area contributed by atoms with Crippen LogP contribution in [0.1, 0.15) is 25.2 Å². The van der Waals surface area contributed by atoms with E-state index in [4.69, 9.17) is 13.9 Å². The Hall–Kier alpha value is -0.840. The molecule has 0 bridgehead atoms. The lowest BCUT2D eigenvalue weighted by atomic mass is 10.2. The second kappa shape index (κ2) is 7.44. The zero-order valence-corrected chi connectivity index (χ0v) is 10.3. The molecule has 0 amide bonds. The van der Waals surface area contributed by atoms with Crippen LogP contribution < -0.4 is 5.32 Å². The third-order valence-corrected chi connectivity index (χ3v) is 2.26. The summed E-state index contributed by atoms with van der Waals surface area (Å²) >= 11 is 0. The third-order valence-electron chi connectivity index (χ3n) is 2.26. The lowest BCUT2D eigenvalue weighted by Crippen LogP contribution is -2.16. The smallest absolute Gasteiger partial charge is 0.133 e. The molecule has 1 aromatic heterocycles. The Morgan fingerprint density at radius 2 is 2.31 bits per heavy atom. The van der Waals surface area contributed by atoms with Crippen molar-refractivity contribution in [2.45, 2.75) is 33.1 Å². The van der Waals surface area contributed by atoms with Crippen LogP contribution in [0.25, 0.3) is 0 Å². The van der Waals surface area contributed by atoms with Gasteiger partial charge in [0.05, 0.1) is 19.0 Å². The largest absolute Gasteiger partial charge is 0.467 e. The minimum absolute atomic E-state index is 0.0903. The van der Waals surface area contributed by atoms with Crippen LogP contribution in [0.15, 0.2) is 16.7 Å². The molecule has 16 heavy (non-hydrogen) atoms. The number of hydrogen-bond donors (Lipinski definition) is 1. The summed E-state index contributed by atoms with van der Waals surface area (Å²) in [4.78, 5) is 0. The Morgan fingerprint density at radius 1 is 1.50 bits per heavy atom. The summed E-state index contributed by atoms with van der Waals surface area (Å²) in [7, 11) is 1.91. The molecule has 0 saturated heterocycles. The van der Waals surface area contributed by atoms with Crippen molar-refractivity contribution in [2.24, 2.45) is 0 Å². The maximum Gasteiger partial charge on any atom is 0.133 e. The summed E-state index contributed by atoms with van der Waals surface area (Å²) in [5.41, 5.74) is 1.14. The van der Waals surface area contributed by atoms with E-state index in [9.17, 15) is 0 Å². The second-order valence-corrected chi connectivity index (χ2v) is 3.68. The monoisotopic (exact) mass is 227 g/mol. The van der Waals surface area contributed by atoms with Gasteiger partial charge in [-0.25, -0.2) is 0 Å². The van der Waals surface area contributed by atoms with Crippen LogP contribution in [0.5, 0.6) is 0 Å². The first-order valence-corrected chi connectivity index (χ1v) is 5.67. The molecular formula is C12H21NO3. The molecule has 0 spiro atoms. The van der Waals surface area contributed by atoms with E-state index in [0.717, 1.165) is 24.5 Å². The van der Waals surface area contributed by atoms with Crippen molar-refractivity contribution in [3.05, 3.63) is 23.7 Å². The van der Waals surface area contributed by atoms with E-state index < -0.39 is 0 Å². The molecule has 1 aromatic rings. The van der Waals surface area contributed by atoms with Crippen molar-refractivity contribution in [3.63, 3.8) is 0 Å². The molecule has 1 heterocycles. The SMILES string of the molecule is CCOCC(C)OCc1occc1CNC. The zero-order valence-electron chi connectivity index (χ0n) is 10.3. The number of furan rings is 1. The van der Waals surface area contributed by atoms with Crippen LogP contribution in [0.2, 0.25) is 0 Å². The summed E-state index contributed by atoms with van der Waals surface area (Å²) in [6.07, 6.45) is 1.78. The second-order valence-electron chi connectivity index (χ2n) is 3.68. The molecule has 0 aliphatic carbocycles. The van der Waals surface area contributed by atoms with Gasteiger partial charge in [-0.2, -0.15) is 0 Å². The highest BCUT2D eigenvalue weighted by Crippen LogP contribution is 2.12. The molecule has 0 radical (unpaired) electrons. The van der Waals surface area contributed by atoms with Crippen LogP contribution in [-0.4, -0.2) is 26.4 Å². The third kappa shape index (κ3) is 4.35. The minimum atomic E-state index is 0.0903. The molecule has 4 nitrogen and oxygen atoms in total. The minimum Gasteiger partial charge on any atom is -0.467 e. The molecule has 1 rings (SSSR count). The van der Waals surface area contributed by atoms with Gasteiger partial charge in [0.15, 0.2) is 0 Å². The van der Waals surface area contributed by atoms with Crippen LogP contribution >= 0.6 is 0 Å². The van der Waals surface area contributed by atoms with Crippen molar-refractivity contribution in [2.75, 3.05) is 20.3 Å². The van der Waals surface area contributed by atoms with Crippen molar-refractivity contribution in [1.82, 2.24) is 5.32 Å². The Labute approximate surface area is 96.9 Å². The first kappa shape index (κ1) is 13.2. The maximum atomic E-state index is 5.63. The first-order chi connectivity index (χ1) is 7.77. The van der Waals surface area contributed by atoms with Crippen LogP contribution in [0.3, 0.4) is 0 Å². The summed E-state index contributed by atoms with van der Waals surface area (Å²) in [5, 5.41) is 3.09. The average molecular weight is 227 g/mol. The van der Waals surface area contributed by atoms with Crippen LogP contribution in [0.4, 0.5) is 0 Å². The van der Waals surface area contributed by atoms with Gasteiger partial charge in [0.25, 0.3) is 0 Å². The molecule has 1 unspecified atom stereocenters. The highest BCUT2D eigenvalue weighted by Gasteiger charge is 2.08. The van der Waals surface area contributed by atoms with Gasteiger partial charge in [-0.1, -0.05) is 0 Å². The molecular weight excluding hydrogens is 206 g/mol. The molecule has 0 saturated carbocycles. The van der Waals surface area contributed by atoms with Gasteiger partial charge >= 0.3 is 0 Å². The summed E-state index contributed by atoms with van der Waals surface area (Å²) in [5.74, 6) is 0.887. The fraction of sp³-hybridized carbons (Fsp3) is 0.667. The van der Waals surface area contributed by atoms with Gasteiger partial charge in [-0.3, -0.25) is 0 Å². The van der Waals surface area contributed by atoms with E-state index in [2.05, 4.69) is 5.32 Å². The Kier molecular flexibility index (Phi) is 6.15. The Balaban J connectivity index is 2.32. The molecule has 1 atom stereocenters. The zero-order chi connectivity index (χ0) is 11.8. The fourth-order valence-electron chi connectivity index (χ4n) is 1.39. The van der Waals surface area contributed by atoms with E-state index >= 15 is 0 Å². The topological polar surface area (TPSA) is 43.6 Å². The lowest BCUT2D eigenvalue weighted by molar-refractivity contribution is -0.0173. The lowest BCUT2D eigenvalue weighted by Gasteiger charge is -2.12. The number of rotatable bonds is 8. The van der Waals surface area contributed by atoms with E-state index in [1.165, 1.54) is 0 Å². The van der Waals surface area contributed by atoms with E-state index in [1.807, 2.05) is 27.0 Å². The predicted molar refractivity (Wildman–Crippen MR) is 62.2 cm³/mol. The highest BCUT2D eigenvalue weighted by atomic mass is 16.5. The van der Waals surface area contributed by atoms with Gasteiger partial charge < -0.3 is 19.2 Å².